The van der Waals surface area contributed by atoms with Gasteiger partial charge in [0.2, 0.25) is 0 Å². The number of aromatic nitrogens is 2. The molecule has 0 unspecified atom stereocenters. The van der Waals surface area contributed by atoms with Crippen LogP contribution in [0.5, 0.6) is 11.5 Å². The minimum Gasteiger partial charge on any atom is -0.496 e. The first kappa shape index (κ1) is 51.2. The molecular formula is C65H56N2O4S6+2. The molecule has 0 saturated carbocycles. The summed E-state index contributed by atoms with van der Waals surface area (Å²) >= 11 is 10.9. The maximum Gasteiger partial charge on any atom is 0.182 e. The lowest BCUT2D eigenvalue weighted by Gasteiger charge is -2.19. The van der Waals surface area contributed by atoms with E-state index in [4.69, 9.17) is 18.9 Å². The molecule has 0 aliphatic carbocycles. The molecular weight excluding hydrogens is 1070 g/mol. The highest BCUT2D eigenvalue weighted by Gasteiger charge is 2.21. The van der Waals surface area contributed by atoms with E-state index in [2.05, 4.69) is 208 Å². The Kier molecular flexibility index (Phi) is 15.9. The number of thiophene rings is 6. The molecule has 384 valence electrons. The first-order valence-corrected chi connectivity index (χ1v) is 31.0. The van der Waals surface area contributed by atoms with E-state index in [0.717, 1.165) is 74.7 Å². The zero-order valence-electron chi connectivity index (χ0n) is 42.8. The molecule has 6 nitrogen and oxygen atoms in total. The Bertz CT molecular complexity index is 3860. The van der Waals surface area contributed by atoms with E-state index in [9.17, 15) is 0 Å². The van der Waals surface area contributed by atoms with Crippen molar-refractivity contribution in [2.24, 2.45) is 0 Å². The van der Waals surface area contributed by atoms with Crippen molar-refractivity contribution in [1.82, 2.24) is 0 Å². The van der Waals surface area contributed by atoms with E-state index >= 15 is 0 Å². The summed E-state index contributed by atoms with van der Waals surface area (Å²) in [5.74, 6) is 1.60. The summed E-state index contributed by atoms with van der Waals surface area (Å²) in [5.41, 5.74) is 9.33. The second-order valence-corrected chi connectivity index (χ2v) is 24.6. The quantitative estimate of drug-likeness (QED) is 0.0501. The highest BCUT2D eigenvalue weighted by molar-refractivity contribution is 7.26. The van der Waals surface area contributed by atoms with Gasteiger partial charge in [0.25, 0.3) is 0 Å². The fourth-order valence-corrected chi connectivity index (χ4v) is 15.8. The maximum absolute atomic E-state index is 6.87. The van der Waals surface area contributed by atoms with Gasteiger partial charge in [-0.1, -0.05) is 60.7 Å². The topological polar surface area (TPSA) is 44.7 Å². The van der Waals surface area contributed by atoms with Crippen molar-refractivity contribution in [3.8, 4) is 72.8 Å². The van der Waals surface area contributed by atoms with Crippen molar-refractivity contribution in [2.75, 3.05) is 26.9 Å². The number of rotatable bonds is 22. The van der Waals surface area contributed by atoms with Gasteiger partial charge in [-0.15, -0.1) is 68.0 Å². The number of ether oxygens (including phenoxy) is 4. The maximum atomic E-state index is 6.87. The summed E-state index contributed by atoms with van der Waals surface area (Å²) in [6.45, 7) is 6.56. The van der Waals surface area contributed by atoms with Gasteiger partial charge in [-0.05, 0) is 157 Å². The van der Waals surface area contributed by atoms with Gasteiger partial charge >= 0.3 is 0 Å². The molecule has 77 heavy (non-hydrogen) atoms. The Morgan fingerprint density at radius 1 is 0.442 bits per heavy atom. The molecule has 8 heterocycles. The van der Waals surface area contributed by atoms with E-state index < -0.39 is 0 Å². The van der Waals surface area contributed by atoms with Gasteiger partial charge in [-0.25, -0.2) is 9.13 Å². The lowest BCUT2D eigenvalue weighted by atomic mass is 9.91. The number of hydrogen-bond acceptors (Lipinski definition) is 10. The zero-order chi connectivity index (χ0) is 51.9. The highest BCUT2D eigenvalue weighted by atomic mass is 32.1. The number of methoxy groups -OCH3 is 1. The molecule has 0 aliphatic rings. The van der Waals surface area contributed by atoms with Crippen LogP contribution in [0.4, 0.5) is 0 Å². The van der Waals surface area contributed by atoms with E-state index in [1.165, 1.54) is 61.3 Å². The lowest BCUT2D eigenvalue weighted by Crippen LogP contribution is -2.35. The molecule has 0 N–H and O–H groups in total. The number of aryl methyl sites for hydroxylation is 1. The van der Waals surface area contributed by atoms with Gasteiger partial charge in [0.1, 0.15) is 24.7 Å². The lowest BCUT2D eigenvalue weighted by molar-refractivity contribution is -0.697. The van der Waals surface area contributed by atoms with Crippen LogP contribution in [-0.4, -0.2) is 26.9 Å². The molecule has 0 spiro atoms. The van der Waals surface area contributed by atoms with Gasteiger partial charge < -0.3 is 18.9 Å². The summed E-state index contributed by atoms with van der Waals surface area (Å²) in [4.78, 5) is 10.6. The average Bonchev–Trinajstić information content (AvgIpc) is 4.35. The smallest absolute Gasteiger partial charge is 0.182 e. The molecule has 12 heteroatoms. The Hall–Kier alpha value is -6.58. The molecule has 0 aliphatic heterocycles. The van der Waals surface area contributed by atoms with Gasteiger partial charge in [0, 0.05) is 74.4 Å². The normalized spacial score (nSPS) is 11.6. The average molecular weight is 1120 g/mol. The van der Waals surface area contributed by atoms with Crippen LogP contribution in [0.15, 0.2) is 192 Å². The first-order chi connectivity index (χ1) is 38.0. The summed E-state index contributed by atoms with van der Waals surface area (Å²) in [6, 6.07) is 52.8. The van der Waals surface area contributed by atoms with Crippen molar-refractivity contribution in [3.05, 3.63) is 214 Å². The van der Waals surface area contributed by atoms with Crippen LogP contribution >= 0.6 is 68.0 Å². The second-order valence-electron chi connectivity index (χ2n) is 18.7. The summed E-state index contributed by atoms with van der Waals surface area (Å²) < 4.78 is 30.4. The molecule has 12 aromatic rings. The third-order valence-corrected chi connectivity index (χ3v) is 20.4. The van der Waals surface area contributed by atoms with Gasteiger partial charge in [-0.2, -0.15) is 0 Å². The van der Waals surface area contributed by atoms with Crippen LogP contribution in [0, 0.1) is 0 Å². The van der Waals surface area contributed by atoms with Crippen LogP contribution in [0.2, 0.25) is 0 Å². The largest absolute Gasteiger partial charge is 0.496 e. The molecule has 0 amide bonds. The third kappa shape index (κ3) is 11.5. The predicted molar refractivity (Wildman–Crippen MR) is 325 cm³/mol. The second kappa shape index (κ2) is 24.0. The van der Waals surface area contributed by atoms with Gasteiger partial charge in [0.05, 0.1) is 33.5 Å². The molecule has 4 aromatic carbocycles. The summed E-state index contributed by atoms with van der Waals surface area (Å²) in [6.07, 6.45) is 10.2. The van der Waals surface area contributed by atoms with Crippen LogP contribution in [0.3, 0.4) is 0 Å². The van der Waals surface area contributed by atoms with Crippen molar-refractivity contribution >= 4 is 89.6 Å². The minimum absolute atomic E-state index is 0.480. The van der Waals surface area contributed by atoms with Crippen LogP contribution in [0.1, 0.15) is 29.2 Å². The Morgan fingerprint density at radius 2 is 0.909 bits per heavy atom. The third-order valence-electron chi connectivity index (χ3n) is 13.9. The Morgan fingerprint density at radius 3 is 1.38 bits per heavy atom. The molecule has 0 atom stereocenters. The fourth-order valence-electron chi connectivity index (χ4n) is 9.91. The number of fused-ring (bicyclic) bond motifs is 2. The molecule has 0 bridgehead atoms. The highest BCUT2D eigenvalue weighted by Crippen LogP contribution is 2.47. The van der Waals surface area contributed by atoms with E-state index in [-0.39, 0.29) is 0 Å². The zero-order valence-corrected chi connectivity index (χ0v) is 47.7. The number of benzene rings is 4. The standard InChI is InChI=1S/C65H56N2O4S6/c1-3-66-26-20-46(21-27-66)47-22-28-67(29-23-47)30-33-71-55-19-15-49-39-45(43-70-32-25-51-41-61(57-9-5-35-73-57)77-65(51)59-11-7-37-75-59)13-17-53(49)63(55)62-52-16-12-44(38-48(52)14-18-54(62)68-2)42-69-31-24-50-40-60(56-8-4-34-72-56)76-64(50)58-10-6-36-74-58/h4-23,26-29,34-41H,3,24-25,30-33,42-43H2,1-2H3/q+2. The first-order valence-electron chi connectivity index (χ1n) is 25.9. The number of pyridine rings is 2. The van der Waals surface area contributed by atoms with Crippen LogP contribution < -0.4 is 18.6 Å². The SMILES string of the molecule is CC[n+]1ccc(-c2cc[n+](CCOc3ccc4cc(COCCc5cc(-c6cccs6)sc5-c5cccs5)ccc4c3-c3c(OC)ccc4cc(COCCc5cc(-c6cccs6)sc5-c5cccs5)ccc34)cc2)cc1. The minimum atomic E-state index is 0.480. The summed E-state index contributed by atoms with van der Waals surface area (Å²) in [5, 5.41) is 13.0. The van der Waals surface area contributed by atoms with Crippen LogP contribution in [0.25, 0.3) is 82.8 Å². The molecule has 0 fully saturated rings. The monoisotopic (exact) mass is 1120 g/mol. The summed E-state index contributed by atoms with van der Waals surface area (Å²) in [7, 11) is 1.76. The molecule has 8 aromatic heterocycles. The van der Waals surface area contributed by atoms with Crippen molar-refractivity contribution in [2.45, 2.75) is 46.1 Å². The predicted octanol–water partition coefficient (Wildman–Crippen LogP) is 17.6. The van der Waals surface area contributed by atoms with Gasteiger partial charge in [0.15, 0.2) is 31.3 Å². The van der Waals surface area contributed by atoms with E-state index in [1.54, 1.807) is 52.5 Å². The van der Waals surface area contributed by atoms with Crippen molar-refractivity contribution in [3.63, 3.8) is 0 Å². The molecule has 0 saturated heterocycles. The Balaban J connectivity index is 0.796. The van der Waals surface area contributed by atoms with Crippen molar-refractivity contribution < 1.29 is 28.1 Å². The Labute approximate surface area is 473 Å². The molecule has 12 rings (SSSR count). The van der Waals surface area contributed by atoms with E-state index in [1.807, 2.05) is 22.7 Å². The number of nitrogens with zero attached hydrogens (tertiary/aromatic N) is 2. The van der Waals surface area contributed by atoms with Crippen LogP contribution in [-0.2, 0) is 48.6 Å². The number of hydrogen-bond donors (Lipinski definition) is 0. The van der Waals surface area contributed by atoms with E-state index in [0.29, 0.717) is 39.6 Å². The van der Waals surface area contributed by atoms with Crippen molar-refractivity contribution in [1.29, 1.82) is 0 Å². The van der Waals surface area contributed by atoms with Gasteiger partial charge in [-0.3, -0.25) is 0 Å². The molecule has 0 radical (unpaired) electrons. The fraction of sp³-hybridized carbons (Fsp3) is 0.169.